The molecule has 0 aliphatic rings. The third-order valence-electron chi connectivity index (χ3n) is 3.55. The van der Waals surface area contributed by atoms with Crippen LogP contribution in [0.1, 0.15) is 34.3 Å². The third-order valence-corrected chi connectivity index (χ3v) is 4.49. The van der Waals surface area contributed by atoms with Gasteiger partial charge in [0.2, 0.25) is 0 Å². The molecule has 120 valence electrons. The molecule has 2 aromatic rings. The van der Waals surface area contributed by atoms with E-state index in [-0.39, 0.29) is 17.3 Å². The standard InChI is InChI=1S/C18H18O4S/c1-13(19)17(12-23(2,21)22)15-9-6-10-16(11-15)18(20)14-7-4-3-5-8-14/h3-11,17H,12H2,1-2H3/t17-/m1/s1. The lowest BCUT2D eigenvalue weighted by Gasteiger charge is -2.14. The van der Waals surface area contributed by atoms with Crippen LogP contribution in [-0.4, -0.2) is 32.0 Å². The van der Waals surface area contributed by atoms with Crippen molar-refractivity contribution in [2.24, 2.45) is 0 Å². The van der Waals surface area contributed by atoms with E-state index in [1.54, 1.807) is 48.5 Å². The summed E-state index contributed by atoms with van der Waals surface area (Å²) in [6.45, 7) is 1.36. The number of carbonyl (C=O) groups excluding carboxylic acids is 2. The molecule has 0 saturated carbocycles. The van der Waals surface area contributed by atoms with Crippen molar-refractivity contribution >= 4 is 21.4 Å². The van der Waals surface area contributed by atoms with Crippen LogP contribution in [0.25, 0.3) is 0 Å². The molecule has 0 heterocycles. The van der Waals surface area contributed by atoms with Crippen LogP contribution >= 0.6 is 0 Å². The number of hydrogen-bond donors (Lipinski definition) is 0. The van der Waals surface area contributed by atoms with Gasteiger partial charge in [-0.1, -0.05) is 48.5 Å². The Kier molecular flexibility index (Phi) is 5.11. The van der Waals surface area contributed by atoms with E-state index in [9.17, 15) is 18.0 Å². The second kappa shape index (κ2) is 6.87. The molecule has 0 amide bonds. The molecule has 0 aliphatic carbocycles. The van der Waals surface area contributed by atoms with Crippen molar-refractivity contribution in [2.75, 3.05) is 12.0 Å². The van der Waals surface area contributed by atoms with Crippen molar-refractivity contribution in [1.82, 2.24) is 0 Å². The summed E-state index contributed by atoms with van der Waals surface area (Å²) in [5.41, 5.74) is 1.53. The van der Waals surface area contributed by atoms with E-state index < -0.39 is 15.8 Å². The Balaban J connectivity index is 2.38. The topological polar surface area (TPSA) is 68.3 Å². The highest BCUT2D eigenvalue weighted by molar-refractivity contribution is 7.90. The minimum Gasteiger partial charge on any atom is -0.299 e. The van der Waals surface area contributed by atoms with Gasteiger partial charge in [-0.15, -0.1) is 0 Å². The van der Waals surface area contributed by atoms with Crippen LogP contribution in [0.3, 0.4) is 0 Å². The Morgan fingerprint density at radius 1 is 0.957 bits per heavy atom. The van der Waals surface area contributed by atoms with Crippen LogP contribution < -0.4 is 0 Å². The highest BCUT2D eigenvalue weighted by Crippen LogP contribution is 2.21. The molecule has 1 atom stereocenters. The highest BCUT2D eigenvalue weighted by Gasteiger charge is 2.23. The molecule has 0 aliphatic heterocycles. The second-order valence-corrected chi connectivity index (χ2v) is 7.76. The maximum absolute atomic E-state index is 12.5. The largest absolute Gasteiger partial charge is 0.299 e. The molecule has 0 fully saturated rings. The van der Waals surface area contributed by atoms with E-state index in [4.69, 9.17) is 0 Å². The van der Waals surface area contributed by atoms with Crippen LogP contribution in [0, 0.1) is 0 Å². The summed E-state index contributed by atoms with van der Waals surface area (Å²) in [5.74, 6) is -1.41. The molecule has 2 aromatic carbocycles. The van der Waals surface area contributed by atoms with Gasteiger partial charge in [-0.2, -0.15) is 0 Å². The first-order chi connectivity index (χ1) is 10.8. The Morgan fingerprint density at radius 3 is 2.13 bits per heavy atom. The van der Waals surface area contributed by atoms with Crippen molar-refractivity contribution in [3.8, 4) is 0 Å². The molecular weight excluding hydrogens is 312 g/mol. The number of hydrogen-bond acceptors (Lipinski definition) is 4. The predicted octanol–water partition coefficient (Wildman–Crippen LogP) is 2.63. The van der Waals surface area contributed by atoms with Gasteiger partial charge in [0.1, 0.15) is 15.6 Å². The van der Waals surface area contributed by atoms with Gasteiger partial charge in [0, 0.05) is 17.4 Å². The number of Topliss-reactive ketones (excluding diaryl/α,β-unsaturated/α-hetero) is 1. The lowest BCUT2D eigenvalue weighted by atomic mass is 9.93. The summed E-state index contributed by atoms with van der Waals surface area (Å²) in [4.78, 5) is 24.3. The zero-order chi connectivity index (χ0) is 17.0. The number of sulfone groups is 1. The van der Waals surface area contributed by atoms with Crippen LogP contribution in [-0.2, 0) is 14.6 Å². The van der Waals surface area contributed by atoms with Gasteiger partial charge in [0.15, 0.2) is 5.78 Å². The quantitative estimate of drug-likeness (QED) is 0.764. The number of benzene rings is 2. The molecule has 4 nitrogen and oxygen atoms in total. The van der Waals surface area contributed by atoms with Crippen LogP contribution in [0.15, 0.2) is 54.6 Å². The fraction of sp³-hybridized carbons (Fsp3) is 0.222. The van der Waals surface area contributed by atoms with E-state index in [0.29, 0.717) is 16.7 Å². The normalized spacial score (nSPS) is 12.6. The average molecular weight is 330 g/mol. The van der Waals surface area contributed by atoms with E-state index in [1.165, 1.54) is 6.92 Å². The minimum absolute atomic E-state index is 0.158. The first-order valence-electron chi connectivity index (χ1n) is 7.16. The summed E-state index contributed by atoms with van der Waals surface area (Å²) >= 11 is 0. The monoisotopic (exact) mass is 330 g/mol. The molecule has 0 saturated heterocycles. The van der Waals surface area contributed by atoms with E-state index in [2.05, 4.69) is 0 Å². The van der Waals surface area contributed by atoms with Gasteiger partial charge >= 0.3 is 0 Å². The minimum atomic E-state index is -3.31. The first-order valence-corrected chi connectivity index (χ1v) is 9.22. The molecule has 5 heteroatoms. The lowest BCUT2D eigenvalue weighted by molar-refractivity contribution is -0.118. The van der Waals surface area contributed by atoms with Gasteiger partial charge < -0.3 is 0 Å². The third kappa shape index (κ3) is 4.60. The van der Waals surface area contributed by atoms with Crippen molar-refractivity contribution in [3.05, 3.63) is 71.3 Å². The number of carbonyl (C=O) groups is 2. The summed E-state index contributed by atoms with van der Waals surface area (Å²) in [6.07, 6.45) is 1.10. The van der Waals surface area contributed by atoms with Crippen molar-refractivity contribution in [3.63, 3.8) is 0 Å². The Labute approximate surface area is 136 Å². The average Bonchev–Trinajstić information content (AvgIpc) is 2.52. The van der Waals surface area contributed by atoms with Crippen molar-refractivity contribution in [1.29, 1.82) is 0 Å². The molecule has 2 rings (SSSR count). The van der Waals surface area contributed by atoms with Gasteiger partial charge in [-0.25, -0.2) is 8.42 Å². The first kappa shape index (κ1) is 17.1. The smallest absolute Gasteiger partial charge is 0.193 e. The molecule has 0 aromatic heterocycles. The van der Waals surface area contributed by atoms with Crippen LogP contribution in [0.4, 0.5) is 0 Å². The molecule has 0 radical (unpaired) electrons. The van der Waals surface area contributed by atoms with Gasteiger partial charge in [-0.3, -0.25) is 9.59 Å². The summed E-state index contributed by atoms with van der Waals surface area (Å²) in [7, 11) is -3.31. The maximum Gasteiger partial charge on any atom is 0.193 e. The molecule has 0 bridgehead atoms. The van der Waals surface area contributed by atoms with Crippen LogP contribution in [0.5, 0.6) is 0 Å². The van der Waals surface area contributed by atoms with Crippen molar-refractivity contribution in [2.45, 2.75) is 12.8 Å². The van der Waals surface area contributed by atoms with Gasteiger partial charge in [0.25, 0.3) is 0 Å². The van der Waals surface area contributed by atoms with Gasteiger partial charge in [-0.05, 0) is 18.6 Å². The van der Waals surface area contributed by atoms with E-state index >= 15 is 0 Å². The summed E-state index contributed by atoms with van der Waals surface area (Å²) in [5, 5.41) is 0. The summed E-state index contributed by atoms with van der Waals surface area (Å²) < 4.78 is 23.1. The highest BCUT2D eigenvalue weighted by atomic mass is 32.2. The number of ketones is 2. The Hall–Kier alpha value is -2.27. The molecule has 0 N–H and O–H groups in total. The molecule has 0 unspecified atom stereocenters. The predicted molar refractivity (Wildman–Crippen MR) is 89.4 cm³/mol. The van der Waals surface area contributed by atoms with E-state index in [1.807, 2.05) is 6.07 Å². The fourth-order valence-electron chi connectivity index (χ4n) is 2.40. The van der Waals surface area contributed by atoms with Gasteiger partial charge in [0.05, 0.1) is 11.7 Å². The van der Waals surface area contributed by atoms with Crippen LogP contribution in [0.2, 0.25) is 0 Å². The summed E-state index contributed by atoms with van der Waals surface area (Å²) in [6, 6.07) is 15.4. The second-order valence-electron chi connectivity index (χ2n) is 5.58. The zero-order valence-corrected chi connectivity index (χ0v) is 13.8. The molecule has 23 heavy (non-hydrogen) atoms. The Morgan fingerprint density at radius 2 is 1.57 bits per heavy atom. The van der Waals surface area contributed by atoms with Crippen molar-refractivity contribution < 1.29 is 18.0 Å². The maximum atomic E-state index is 12.5. The fourth-order valence-corrected chi connectivity index (χ4v) is 3.44. The lowest BCUT2D eigenvalue weighted by Crippen LogP contribution is -2.20. The molecular formula is C18H18O4S. The van der Waals surface area contributed by atoms with E-state index in [0.717, 1.165) is 6.26 Å². The Bertz CT molecular complexity index is 823. The SMILES string of the molecule is CC(=O)[C@@H](CS(C)(=O)=O)c1cccc(C(=O)c2ccccc2)c1. The molecule has 0 spiro atoms. The zero-order valence-electron chi connectivity index (χ0n) is 13.0. The number of rotatable bonds is 6.